The van der Waals surface area contributed by atoms with Gasteiger partial charge in [0, 0.05) is 44.6 Å². The van der Waals surface area contributed by atoms with Crippen LogP contribution in [0.5, 0.6) is 0 Å². The smallest absolute Gasteiger partial charge is 0.303 e. The number of nitrogens with zero attached hydrogens (tertiary/aromatic N) is 1. The van der Waals surface area contributed by atoms with E-state index >= 15 is 0 Å². The molecule has 1 amide bonds. The van der Waals surface area contributed by atoms with Crippen molar-refractivity contribution in [2.45, 2.75) is 58.5 Å². The summed E-state index contributed by atoms with van der Waals surface area (Å²) in [4.78, 5) is 25.9. The summed E-state index contributed by atoms with van der Waals surface area (Å²) in [6, 6.07) is 24.1. The SMILES string of the molecule is CC(=O)O[C@@H](C)C(=O)NCc1cccc(-c2cccc([C@H]3O[C@@H](CN4CCOCC4)[C@@H](C)[C@@H](c4ccc(CO)cc4)O3)c2)c1. The van der Waals surface area contributed by atoms with Crippen molar-refractivity contribution in [3.05, 3.63) is 95.1 Å². The van der Waals surface area contributed by atoms with E-state index in [1.165, 1.54) is 6.92 Å². The molecule has 2 aliphatic rings. The number of rotatable bonds is 10. The number of hydrogen-bond donors (Lipinski definition) is 2. The highest BCUT2D eigenvalue weighted by Crippen LogP contribution is 2.42. The number of aliphatic hydroxyl groups excluding tert-OH is 1. The fraction of sp³-hybridized carbons (Fsp3) is 0.429. The summed E-state index contributed by atoms with van der Waals surface area (Å²) >= 11 is 0. The number of amides is 1. The van der Waals surface area contributed by atoms with Crippen LogP contribution in [0.1, 0.15) is 55.4 Å². The van der Waals surface area contributed by atoms with E-state index in [1.54, 1.807) is 6.92 Å². The van der Waals surface area contributed by atoms with Crippen molar-refractivity contribution in [3.63, 3.8) is 0 Å². The van der Waals surface area contributed by atoms with Crippen molar-refractivity contribution in [3.8, 4) is 11.1 Å². The molecule has 2 N–H and O–H groups in total. The van der Waals surface area contributed by atoms with Crippen LogP contribution < -0.4 is 5.32 Å². The zero-order valence-corrected chi connectivity index (χ0v) is 25.6. The predicted molar refractivity (Wildman–Crippen MR) is 165 cm³/mol. The normalized spacial score (nSPS) is 23.1. The highest BCUT2D eigenvalue weighted by atomic mass is 16.7. The summed E-state index contributed by atoms with van der Waals surface area (Å²) in [5.41, 5.74) is 5.77. The third-order valence-corrected chi connectivity index (χ3v) is 8.26. The fourth-order valence-electron chi connectivity index (χ4n) is 5.73. The van der Waals surface area contributed by atoms with Gasteiger partial charge in [-0.1, -0.05) is 67.6 Å². The third kappa shape index (κ3) is 8.11. The molecule has 2 heterocycles. The van der Waals surface area contributed by atoms with Crippen molar-refractivity contribution < 1.29 is 33.6 Å². The highest BCUT2D eigenvalue weighted by molar-refractivity contribution is 5.82. The number of benzene rings is 3. The molecule has 234 valence electrons. The summed E-state index contributed by atoms with van der Waals surface area (Å²) in [5.74, 6) is -0.735. The van der Waals surface area contributed by atoms with E-state index in [0.29, 0.717) is 6.54 Å². The molecule has 0 saturated carbocycles. The lowest BCUT2D eigenvalue weighted by Crippen LogP contribution is -2.47. The molecule has 9 heteroatoms. The molecule has 0 aliphatic carbocycles. The standard InChI is InChI=1S/C35H42N2O7/c1-23-32(21-37-14-16-41-17-15-37)43-35(44-33(23)28-12-10-26(22-38)11-13-28)31-9-5-8-30(19-31)29-7-4-6-27(18-29)20-36-34(40)24(2)42-25(3)39/h4-13,18-19,23-24,32-33,35,38H,14-17,20-22H2,1-3H3,(H,36,40)/t23-,24+,32+,33+,35+/m1/s1. The van der Waals surface area contributed by atoms with Crippen LogP contribution in [0.15, 0.2) is 72.8 Å². The Kier molecular flexibility index (Phi) is 10.8. The van der Waals surface area contributed by atoms with Crippen LogP contribution in [0.3, 0.4) is 0 Å². The number of hydrogen-bond acceptors (Lipinski definition) is 8. The van der Waals surface area contributed by atoms with Crippen molar-refractivity contribution >= 4 is 11.9 Å². The molecule has 2 saturated heterocycles. The Hall–Kier alpha value is -3.60. The summed E-state index contributed by atoms with van der Waals surface area (Å²) in [7, 11) is 0. The maximum absolute atomic E-state index is 12.3. The van der Waals surface area contributed by atoms with Crippen LogP contribution in [0, 0.1) is 5.92 Å². The number of aliphatic hydroxyl groups is 1. The molecule has 0 spiro atoms. The number of morpholine rings is 1. The largest absolute Gasteiger partial charge is 0.453 e. The minimum absolute atomic E-state index is 0.000512. The molecule has 3 aromatic carbocycles. The molecule has 0 aromatic heterocycles. The Labute approximate surface area is 259 Å². The van der Waals surface area contributed by atoms with Crippen LogP contribution in [0.4, 0.5) is 0 Å². The summed E-state index contributed by atoms with van der Waals surface area (Å²) in [5, 5.41) is 12.4. The second-order valence-corrected chi connectivity index (χ2v) is 11.5. The van der Waals surface area contributed by atoms with E-state index < -0.39 is 18.4 Å². The Bertz CT molecular complexity index is 1410. The molecule has 44 heavy (non-hydrogen) atoms. The van der Waals surface area contributed by atoms with Crippen LogP contribution in [-0.2, 0) is 41.7 Å². The van der Waals surface area contributed by atoms with Crippen LogP contribution in [-0.4, -0.2) is 66.9 Å². The third-order valence-electron chi connectivity index (χ3n) is 8.26. The van der Waals surface area contributed by atoms with Crippen LogP contribution in [0.25, 0.3) is 11.1 Å². The van der Waals surface area contributed by atoms with Crippen molar-refractivity contribution in [2.75, 3.05) is 32.8 Å². The first-order chi connectivity index (χ1) is 21.3. The van der Waals surface area contributed by atoms with Crippen molar-refractivity contribution in [1.82, 2.24) is 10.2 Å². The van der Waals surface area contributed by atoms with Crippen molar-refractivity contribution in [2.24, 2.45) is 5.92 Å². The van der Waals surface area contributed by atoms with E-state index in [0.717, 1.165) is 66.2 Å². The van der Waals surface area contributed by atoms with Gasteiger partial charge in [0.25, 0.3) is 5.91 Å². The lowest BCUT2D eigenvalue weighted by atomic mass is 9.89. The first kappa shape index (κ1) is 31.8. The Balaban J connectivity index is 1.35. The molecule has 0 unspecified atom stereocenters. The second kappa shape index (κ2) is 14.9. The van der Waals surface area contributed by atoms with Crippen molar-refractivity contribution in [1.29, 1.82) is 0 Å². The van der Waals surface area contributed by atoms with Gasteiger partial charge in [0.1, 0.15) is 0 Å². The number of carbonyl (C=O) groups excluding carboxylic acids is 2. The monoisotopic (exact) mass is 602 g/mol. The van der Waals surface area contributed by atoms with Gasteiger partial charge >= 0.3 is 5.97 Å². The van der Waals surface area contributed by atoms with Gasteiger partial charge in [-0.25, -0.2) is 0 Å². The Morgan fingerprint density at radius 1 is 0.955 bits per heavy atom. The summed E-state index contributed by atoms with van der Waals surface area (Å²) in [6.07, 6.45) is -1.66. The average molecular weight is 603 g/mol. The minimum atomic E-state index is -0.853. The highest BCUT2D eigenvalue weighted by Gasteiger charge is 2.39. The zero-order chi connectivity index (χ0) is 31.1. The van der Waals surface area contributed by atoms with Gasteiger partial charge in [-0.05, 0) is 46.9 Å². The first-order valence-electron chi connectivity index (χ1n) is 15.3. The quantitative estimate of drug-likeness (QED) is 0.326. The maximum atomic E-state index is 12.3. The first-order valence-corrected chi connectivity index (χ1v) is 15.3. The van der Waals surface area contributed by atoms with Gasteiger partial charge in [-0.15, -0.1) is 0 Å². The minimum Gasteiger partial charge on any atom is -0.453 e. The summed E-state index contributed by atoms with van der Waals surface area (Å²) < 4.78 is 23.9. The van der Waals surface area contributed by atoms with Gasteiger partial charge in [-0.2, -0.15) is 0 Å². The zero-order valence-electron chi connectivity index (χ0n) is 25.6. The number of esters is 1. The molecular weight excluding hydrogens is 560 g/mol. The van der Waals surface area contributed by atoms with Gasteiger partial charge in [-0.3, -0.25) is 14.5 Å². The summed E-state index contributed by atoms with van der Waals surface area (Å²) in [6.45, 7) is 9.32. The molecule has 5 atom stereocenters. The lowest BCUT2D eigenvalue weighted by Gasteiger charge is -2.43. The number of ether oxygens (including phenoxy) is 4. The van der Waals surface area contributed by atoms with E-state index in [-0.39, 0.29) is 30.6 Å². The van der Waals surface area contributed by atoms with Crippen LogP contribution >= 0.6 is 0 Å². The molecule has 5 rings (SSSR count). The maximum Gasteiger partial charge on any atom is 0.303 e. The van der Waals surface area contributed by atoms with Gasteiger partial charge in [0.2, 0.25) is 0 Å². The lowest BCUT2D eigenvalue weighted by molar-refractivity contribution is -0.277. The molecule has 0 radical (unpaired) electrons. The molecule has 2 fully saturated rings. The van der Waals surface area contributed by atoms with Gasteiger partial charge in [0.05, 0.1) is 32.0 Å². The Morgan fingerprint density at radius 3 is 2.36 bits per heavy atom. The second-order valence-electron chi connectivity index (χ2n) is 11.5. The van der Waals surface area contributed by atoms with E-state index in [1.807, 2.05) is 66.7 Å². The van der Waals surface area contributed by atoms with Gasteiger partial charge in [0.15, 0.2) is 12.4 Å². The van der Waals surface area contributed by atoms with E-state index in [2.05, 4.69) is 23.2 Å². The fourth-order valence-corrected chi connectivity index (χ4v) is 5.73. The molecule has 3 aromatic rings. The van der Waals surface area contributed by atoms with E-state index in [4.69, 9.17) is 18.9 Å². The van der Waals surface area contributed by atoms with E-state index in [9.17, 15) is 14.7 Å². The number of nitrogens with one attached hydrogen (secondary N) is 1. The molecule has 0 bridgehead atoms. The predicted octanol–water partition coefficient (Wildman–Crippen LogP) is 4.54. The van der Waals surface area contributed by atoms with Crippen LogP contribution in [0.2, 0.25) is 0 Å². The molecule has 2 aliphatic heterocycles. The Morgan fingerprint density at radius 2 is 1.66 bits per heavy atom. The molecule has 9 nitrogen and oxygen atoms in total. The van der Waals surface area contributed by atoms with Gasteiger partial charge < -0.3 is 29.4 Å². The topological polar surface area (TPSA) is 107 Å². The molecular formula is C35H42N2O7. The average Bonchev–Trinajstić information content (AvgIpc) is 3.05. The number of carbonyl (C=O) groups is 2.